The van der Waals surface area contributed by atoms with Gasteiger partial charge in [0.2, 0.25) is 0 Å². The highest BCUT2D eigenvalue weighted by molar-refractivity contribution is 5.91. The van der Waals surface area contributed by atoms with Gasteiger partial charge in [-0.3, -0.25) is 0 Å². The van der Waals surface area contributed by atoms with E-state index >= 15 is 0 Å². The molecule has 0 aromatic heterocycles. The summed E-state index contributed by atoms with van der Waals surface area (Å²) in [5, 5.41) is 0. The maximum absolute atomic E-state index is 12.8. The minimum atomic E-state index is -0.414. The fraction of sp³-hybridized carbons (Fsp3) is 0.333. The lowest BCUT2D eigenvalue weighted by molar-refractivity contribution is 0.0725. The topological polar surface area (TPSA) is 71.1 Å². The Labute approximate surface area is 266 Å². The molecule has 234 valence electrons. The van der Waals surface area contributed by atoms with Crippen LogP contribution in [0.4, 0.5) is 0 Å². The molecule has 6 heteroatoms. The highest BCUT2D eigenvalue weighted by Crippen LogP contribution is 2.45. The van der Waals surface area contributed by atoms with Crippen LogP contribution in [0, 0.1) is 0 Å². The first kappa shape index (κ1) is 31.8. The van der Waals surface area contributed by atoms with E-state index in [1.54, 1.807) is 48.5 Å². The van der Waals surface area contributed by atoms with Crippen LogP contribution in [0.5, 0.6) is 23.0 Å². The van der Waals surface area contributed by atoms with Crippen molar-refractivity contribution in [2.24, 2.45) is 0 Å². The smallest absolute Gasteiger partial charge is 0.343 e. The Morgan fingerprint density at radius 3 is 1.38 bits per heavy atom. The summed E-state index contributed by atoms with van der Waals surface area (Å²) in [4.78, 5) is 25.6. The second kappa shape index (κ2) is 13.6. The number of hydrogen-bond acceptors (Lipinski definition) is 6. The van der Waals surface area contributed by atoms with Gasteiger partial charge in [-0.2, -0.15) is 0 Å². The molecule has 0 N–H and O–H groups in total. The molecule has 0 heterocycles. The largest absolute Gasteiger partial charge is 0.491 e. The van der Waals surface area contributed by atoms with Crippen molar-refractivity contribution >= 4 is 11.9 Å². The summed E-state index contributed by atoms with van der Waals surface area (Å²) in [7, 11) is 0. The standard InChI is InChI=1S/C39H42O6/c1-27(2)42-32-17-9-28(10-18-32)36(40)43-33-21-13-30(14-22-33)39(25-7-6-8-26-39)31-15-23-34(24-16-31)44-37(41)29-11-19-35(20-12-29)45-38(3,4)5/h9-24,27H,6-8,25-26H2,1-5H3. The average Bonchev–Trinajstić information content (AvgIpc) is 3.02. The van der Waals surface area contributed by atoms with Crippen LogP contribution in [-0.2, 0) is 5.41 Å². The number of carbonyl (C=O) groups is 2. The van der Waals surface area contributed by atoms with Crippen LogP contribution in [0.1, 0.15) is 98.6 Å². The van der Waals surface area contributed by atoms with Crippen molar-refractivity contribution in [2.45, 2.75) is 83.8 Å². The summed E-state index contributed by atoms with van der Waals surface area (Å²) < 4.78 is 22.9. The van der Waals surface area contributed by atoms with E-state index in [0.29, 0.717) is 34.1 Å². The Balaban J connectivity index is 1.27. The van der Waals surface area contributed by atoms with Gasteiger partial charge in [-0.1, -0.05) is 43.5 Å². The third-order valence-corrected chi connectivity index (χ3v) is 7.92. The molecule has 0 atom stereocenters. The lowest BCUT2D eigenvalue weighted by Crippen LogP contribution is -2.30. The average molecular weight is 607 g/mol. The number of hydrogen-bond donors (Lipinski definition) is 0. The second-order valence-electron chi connectivity index (χ2n) is 12.9. The molecule has 1 aliphatic carbocycles. The van der Waals surface area contributed by atoms with Gasteiger partial charge in [-0.15, -0.1) is 0 Å². The van der Waals surface area contributed by atoms with Crippen LogP contribution in [0.25, 0.3) is 0 Å². The van der Waals surface area contributed by atoms with Crippen molar-refractivity contribution in [1.29, 1.82) is 0 Å². The quantitative estimate of drug-likeness (QED) is 0.140. The van der Waals surface area contributed by atoms with Gasteiger partial charge >= 0.3 is 11.9 Å². The van der Waals surface area contributed by atoms with Crippen LogP contribution in [0.2, 0.25) is 0 Å². The number of esters is 2. The molecule has 0 radical (unpaired) electrons. The van der Waals surface area contributed by atoms with Crippen molar-refractivity contribution in [2.75, 3.05) is 0 Å². The van der Waals surface area contributed by atoms with Gasteiger partial charge in [0.1, 0.15) is 28.6 Å². The van der Waals surface area contributed by atoms with Crippen molar-refractivity contribution in [1.82, 2.24) is 0 Å². The van der Waals surface area contributed by atoms with Crippen LogP contribution < -0.4 is 18.9 Å². The van der Waals surface area contributed by atoms with Crippen LogP contribution in [-0.4, -0.2) is 23.6 Å². The number of carbonyl (C=O) groups excluding carboxylic acids is 2. The molecule has 0 bridgehead atoms. The zero-order valence-corrected chi connectivity index (χ0v) is 26.8. The molecular formula is C39H42O6. The number of ether oxygens (including phenoxy) is 4. The summed E-state index contributed by atoms with van der Waals surface area (Å²) >= 11 is 0. The summed E-state index contributed by atoms with van der Waals surface area (Å²) in [6, 6.07) is 29.7. The molecule has 4 aromatic rings. The normalized spacial score (nSPS) is 14.4. The lowest BCUT2D eigenvalue weighted by atomic mass is 9.65. The molecule has 45 heavy (non-hydrogen) atoms. The van der Waals surface area contributed by atoms with Crippen LogP contribution >= 0.6 is 0 Å². The molecule has 6 nitrogen and oxygen atoms in total. The van der Waals surface area contributed by atoms with Crippen molar-refractivity contribution in [3.8, 4) is 23.0 Å². The first-order valence-electron chi connectivity index (χ1n) is 15.7. The van der Waals surface area contributed by atoms with Gasteiger partial charge in [0, 0.05) is 5.41 Å². The van der Waals surface area contributed by atoms with E-state index in [4.69, 9.17) is 18.9 Å². The minimum absolute atomic E-state index is 0.0625. The molecule has 0 aliphatic heterocycles. The van der Waals surface area contributed by atoms with Crippen LogP contribution in [0.15, 0.2) is 97.1 Å². The zero-order valence-electron chi connectivity index (χ0n) is 26.8. The Hall–Kier alpha value is -4.58. The third kappa shape index (κ3) is 8.13. The monoisotopic (exact) mass is 606 g/mol. The van der Waals surface area contributed by atoms with Gasteiger partial charge in [-0.25, -0.2) is 9.59 Å². The Bertz CT molecular complexity index is 1570. The lowest BCUT2D eigenvalue weighted by Gasteiger charge is -2.38. The van der Waals surface area contributed by atoms with E-state index in [9.17, 15) is 9.59 Å². The molecule has 0 spiro atoms. The Kier molecular flexibility index (Phi) is 9.62. The SMILES string of the molecule is CC(C)Oc1ccc(C(=O)Oc2ccc(C3(c4ccc(OC(=O)c5ccc(OC(C)(C)C)cc5)cc4)CCCCC3)cc2)cc1. The highest BCUT2D eigenvalue weighted by Gasteiger charge is 2.35. The van der Waals surface area contributed by atoms with Gasteiger partial charge in [-0.05, 0) is 131 Å². The van der Waals surface area contributed by atoms with Gasteiger partial charge in [0.25, 0.3) is 0 Å². The van der Waals surface area contributed by atoms with E-state index in [1.165, 1.54) is 17.5 Å². The van der Waals surface area contributed by atoms with Gasteiger partial charge < -0.3 is 18.9 Å². The minimum Gasteiger partial charge on any atom is -0.491 e. The first-order chi connectivity index (χ1) is 21.5. The maximum Gasteiger partial charge on any atom is 0.343 e. The fourth-order valence-corrected chi connectivity index (χ4v) is 5.87. The first-order valence-corrected chi connectivity index (χ1v) is 15.7. The maximum atomic E-state index is 12.8. The fourth-order valence-electron chi connectivity index (χ4n) is 5.87. The summed E-state index contributed by atoms with van der Waals surface area (Å²) in [6.07, 6.45) is 5.54. The molecule has 0 amide bonds. The van der Waals surface area contributed by atoms with Gasteiger partial charge in [0.05, 0.1) is 17.2 Å². The predicted molar refractivity (Wildman–Crippen MR) is 176 cm³/mol. The molecule has 1 saturated carbocycles. The second-order valence-corrected chi connectivity index (χ2v) is 12.9. The van der Waals surface area contributed by atoms with E-state index in [-0.39, 0.29) is 17.1 Å². The van der Waals surface area contributed by atoms with Crippen molar-refractivity contribution < 1.29 is 28.5 Å². The van der Waals surface area contributed by atoms with E-state index in [1.807, 2.05) is 58.9 Å². The van der Waals surface area contributed by atoms with Gasteiger partial charge in [0.15, 0.2) is 0 Å². The zero-order chi connectivity index (χ0) is 32.0. The highest BCUT2D eigenvalue weighted by atomic mass is 16.5. The predicted octanol–water partition coefficient (Wildman–Crippen LogP) is 9.34. The molecule has 0 unspecified atom stereocenters. The molecule has 4 aromatic carbocycles. The van der Waals surface area contributed by atoms with E-state index < -0.39 is 11.9 Å². The summed E-state index contributed by atoms with van der Waals surface area (Å²) in [6.45, 7) is 9.86. The van der Waals surface area contributed by atoms with Crippen LogP contribution in [0.3, 0.4) is 0 Å². The molecule has 1 fully saturated rings. The molecule has 5 rings (SSSR count). The molecule has 1 aliphatic rings. The number of benzene rings is 4. The summed E-state index contributed by atoms with van der Waals surface area (Å²) in [5.41, 5.74) is 2.80. The Morgan fingerprint density at radius 1 is 0.578 bits per heavy atom. The number of rotatable bonds is 9. The Morgan fingerprint density at radius 2 is 0.978 bits per heavy atom. The molecule has 0 saturated heterocycles. The molecular weight excluding hydrogens is 564 g/mol. The van der Waals surface area contributed by atoms with E-state index in [0.717, 1.165) is 25.7 Å². The van der Waals surface area contributed by atoms with E-state index in [2.05, 4.69) is 24.3 Å². The van der Waals surface area contributed by atoms with Crippen molar-refractivity contribution in [3.63, 3.8) is 0 Å². The summed E-state index contributed by atoms with van der Waals surface area (Å²) in [5.74, 6) is 1.59. The third-order valence-electron chi connectivity index (χ3n) is 7.92. The van der Waals surface area contributed by atoms with Crippen molar-refractivity contribution in [3.05, 3.63) is 119 Å².